The van der Waals surface area contributed by atoms with Crippen molar-refractivity contribution in [1.29, 1.82) is 0 Å². The zero-order valence-electron chi connectivity index (χ0n) is 16.9. The van der Waals surface area contributed by atoms with Gasteiger partial charge < -0.3 is 26.8 Å². The molecule has 0 spiro atoms. The first-order valence-corrected chi connectivity index (χ1v) is 11.8. The maximum absolute atomic E-state index is 12.6. The van der Waals surface area contributed by atoms with Crippen LogP contribution >= 0.6 is 37.0 Å². The van der Waals surface area contributed by atoms with E-state index >= 15 is 0 Å². The number of hydrogen-bond acceptors (Lipinski definition) is 8. The number of amides is 3. The highest BCUT2D eigenvalue weighted by Crippen LogP contribution is 2.05. The van der Waals surface area contributed by atoms with Crippen LogP contribution < -0.4 is 21.7 Å². The molecule has 0 aromatic rings. The number of carboxylic acids is 1. The lowest BCUT2D eigenvalue weighted by Crippen LogP contribution is -2.58. The van der Waals surface area contributed by atoms with Gasteiger partial charge in [-0.3, -0.25) is 14.4 Å². The maximum atomic E-state index is 12.6. The number of thioether (sulfide) groups is 1. The summed E-state index contributed by atoms with van der Waals surface area (Å²) >= 11 is 9.49. The van der Waals surface area contributed by atoms with Gasteiger partial charge in [0.25, 0.3) is 0 Å². The van der Waals surface area contributed by atoms with Gasteiger partial charge in [0.2, 0.25) is 17.7 Å². The van der Waals surface area contributed by atoms with Gasteiger partial charge in [0, 0.05) is 11.5 Å². The minimum Gasteiger partial charge on any atom is -0.480 e. The first-order chi connectivity index (χ1) is 13.6. The zero-order valence-corrected chi connectivity index (χ0v) is 19.5. The first kappa shape index (κ1) is 27.9. The molecule has 0 saturated heterocycles. The normalized spacial score (nSPS) is 15.1. The third-order valence-corrected chi connectivity index (χ3v) is 5.29. The van der Waals surface area contributed by atoms with Crippen molar-refractivity contribution < 1.29 is 24.3 Å². The van der Waals surface area contributed by atoms with Gasteiger partial charge in [-0.05, 0) is 30.8 Å². The molecule has 0 aliphatic carbocycles. The third kappa shape index (κ3) is 11.0. The molecule has 0 saturated carbocycles. The molecule has 0 radical (unpaired) electrons. The average Bonchev–Trinajstić information content (AvgIpc) is 2.65. The smallest absolute Gasteiger partial charge is 0.327 e. The second-order valence-corrected chi connectivity index (χ2v) is 8.62. The molecule has 0 aromatic heterocycles. The highest BCUT2D eigenvalue weighted by molar-refractivity contribution is 7.98. The summed E-state index contributed by atoms with van der Waals surface area (Å²) in [4.78, 5) is 48.4. The van der Waals surface area contributed by atoms with E-state index in [-0.39, 0.29) is 23.8 Å². The topological polar surface area (TPSA) is 151 Å². The van der Waals surface area contributed by atoms with Crippen LogP contribution in [-0.2, 0) is 19.2 Å². The van der Waals surface area contributed by atoms with Crippen molar-refractivity contribution in [3.63, 3.8) is 0 Å². The molecule has 0 rings (SSSR count). The number of carbonyl (C=O) groups is 4. The Balaban J connectivity index is 5.09. The van der Waals surface area contributed by atoms with Crippen LogP contribution in [0, 0.1) is 5.92 Å². The number of nitrogens with two attached hydrogens (primary N) is 1. The summed E-state index contributed by atoms with van der Waals surface area (Å²) in [6.07, 6.45) is 2.60. The lowest BCUT2D eigenvalue weighted by Gasteiger charge is -2.24. The van der Waals surface area contributed by atoms with E-state index in [1.165, 1.54) is 11.8 Å². The Morgan fingerprint density at radius 3 is 1.86 bits per heavy atom. The van der Waals surface area contributed by atoms with Crippen molar-refractivity contribution >= 4 is 60.7 Å². The van der Waals surface area contributed by atoms with Crippen molar-refractivity contribution in [2.45, 2.75) is 50.9 Å². The number of aliphatic carboxylic acids is 1. The highest BCUT2D eigenvalue weighted by Gasteiger charge is 2.29. The van der Waals surface area contributed by atoms with Gasteiger partial charge in [-0.1, -0.05) is 13.8 Å². The highest BCUT2D eigenvalue weighted by atomic mass is 32.2. The lowest BCUT2D eigenvalue weighted by molar-refractivity contribution is -0.141. The molecule has 0 aliphatic rings. The summed E-state index contributed by atoms with van der Waals surface area (Å²) in [6.45, 7) is 3.86. The van der Waals surface area contributed by atoms with Crippen LogP contribution in [0.4, 0.5) is 0 Å². The van der Waals surface area contributed by atoms with Gasteiger partial charge >= 0.3 is 5.97 Å². The fraction of sp³-hybridized carbons (Fsp3) is 0.765. The van der Waals surface area contributed by atoms with Gasteiger partial charge in [0.15, 0.2) is 0 Å². The Hall–Kier alpha value is -1.11. The van der Waals surface area contributed by atoms with E-state index in [2.05, 4.69) is 41.2 Å². The molecule has 29 heavy (non-hydrogen) atoms. The monoisotopic (exact) mass is 468 g/mol. The summed E-state index contributed by atoms with van der Waals surface area (Å²) < 4.78 is 0. The molecule has 12 heteroatoms. The fourth-order valence-electron chi connectivity index (χ4n) is 2.32. The van der Waals surface area contributed by atoms with E-state index in [1.54, 1.807) is 0 Å². The standard InChI is InChI=1S/C17H32N4O5S3/c1-9(2)6-10(18)14(22)20-12(7-27)16(24)19-11(4-5-29-3)15(23)21-13(8-28)17(25)26/h9-13,27-28H,4-8,18H2,1-3H3,(H,19,24)(H,20,22)(H,21,23)(H,25,26). The largest absolute Gasteiger partial charge is 0.480 e. The molecule has 0 fully saturated rings. The van der Waals surface area contributed by atoms with Crippen LogP contribution in [0.15, 0.2) is 0 Å². The van der Waals surface area contributed by atoms with Crippen LogP contribution in [0.5, 0.6) is 0 Å². The number of carbonyl (C=O) groups excluding carboxylic acids is 3. The number of thiol groups is 2. The number of rotatable bonds is 14. The Bertz CT molecular complexity index is 565. The van der Waals surface area contributed by atoms with Gasteiger partial charge in [-0.2, -0.15) is 37.0 Å². The fourth-order valence-corrected chi connectivity index (χ4v) is 3.30. The molecule has 0 heterocycles. The summed E-state index contributed by atoms with van der Waals surface area (Å²) in [6, 6.07) is -3.87. The lowest BCUT2D eigenvalue weighted by atomic mass is 10.0. The second-order valence-electron chi connectivity index (χ2n) is 6.90. The minimum absolute atomic E-state index is 0.0111. The molecule has 0 aromatic carbocycles. The predicted octanol–water partition coefficient (Wildman–Crippen LogP) is -0.488. The minimum atomic E-state index is -1.22. The van der Waals surface area contributed by atoms with E-state index in [0.717, 1.165) is 0 Å². The molecule has 6 N–H and O–H groups in total. The van der Waals surface area contributed by atoms with Crippen molar-refractivity contribution in [1.82, 2.24) is 16.0 Å². The SMILES string of the molecule is CSCCC(NC(=O)C(CS)NC(=O)C(N)CC(C)C)C(=O)NC(CS)C(=O)O. The summed E-state index contributed by atoms with van der Waals surface area (Å²) in [7, 11) is 0. The summed E-state index contributed by atoms with van der Waals surface area (Å²) in [5.41, 5.74) is 5.84. The molecular formula is C17H32N4O5S3. The predicted molar refractivity (Wildman–Crippen MR) is 122 cm³/mol. The van der Waals surface area contributed by atoms with Crippen molar-refractivity contribution in [3.8, 4) is 0 Å². The molecule has 168 valence electrons. The molecule has 0 bridgehead atoms. The maximum Gasteiger partial charge on any atom is 0.327 e. The molecule has 4 unspecified atom stereocenters. The first-order valence-electron chi connectivity index (χ1n) is 9.17. The molecule has 0 aliphatic heterocycles. The van der Waals surface area contributed by atoms with E-state index in [9.17, 15) is 19.2 Å². The Morgan fingerprint density at radius 2 is 1.41 bits per heavy atom. The Kier molecular flexibility index (Phi) is 14.2. The Morgan fingerprint density at radius 1 is 0.931 bits per heavy atom. The third-order valence-electron chi connectivity index (χ3n) is 3.92. The second kappa shape index (κ2) is 14.8. The van der Waals surface area contributed by atoms with Crippen LogP contribution in [0.2, 0.25) is 0 Å². The van der Waals surface area contributed by atoms with E-state index < -0.39 is 47.9 Å². The number of carboxylic acid groups (broad SMARTS) is 1. The molecule has 9 nitrogen and oxygen atoms in total. The molecular weight excluding hydrogens is 436 g/mol. The van der Waals surface area contributed by atoms with Gasteiger partial charge in [-0.15, -0.1) is 0 Å². The molecule has 4 atom stereocenters. The van der Waals surface area contributed by atoms with Crippen LogP contribution in [0.3, 0.4) is 0 Å². The van der Waals surface area contributed by atoms with E-state index in [4.69, 9.17) is 10.8 Å². The van der Waals surface area contributed by atoms with E-state index in [1.807, 2.05) is 20.1 Å². The number of hydrogen-bond donors (Lipinski definition) is 7. The average molecular weight is 469 g/mol. The van der Waals surface area contributed by atoms with E-state index in [0.29, 0.717) is 12.2 Å². The summed E-state index contributed by atoms with van der Waals surface area (Å²) in [5.74, 6) is -2.22. The van der Waals surface area contributed by atoms with Crippen molar-refractivity contribution in [3.05, 3.63) is 0 Å². The van der Waals surface area contributed by atoms with Gasteiger partial charge in [0.1, 0.15) is 18.1 Å². The zero-order chi connectivity index (χ0) is 22.6. The van der Waals surface area contributed by atoms with Gasteiger partial charge in [-0.25, -0.2) is 4.79 Å². The van der Waals surface area contributed by atoms with Gasteiger partial charge in [0.05, 0.1) is 6.04 Å². The van der Waals surface area contributed by atoms with Crippen molar-refractivity contribution in [2.75, 3.05) is 23.5 Å². The quantitative estimate of drug-likeness (QED) is 0.170. The number of nitrogens with one attached hydrogen (secondary N) is 3. The summed E-state index contributed by atoms with van der Waals surface area (Å²) in [5, 5.41) is 16.5. The Labute approximate surface area is 186 Å². The van der Waals surface area contributed by atoms with Crippen LogP contribution in [0.25, 0.3) is 0 Å². The van der Waals surface area contributed by atoms with Crippen molar-refractivity contribution in [2.24, 2.45) is 11.7 Å². The molecule has 3 amide bonds. The van der Waals surface area contributed by atoms with Crippen LogP contribution in [-0.4, -0.2) is 76.5 Å². The van der Waals surface area contributed by atoms with Crippen LogP contribution in [0.1, 0.15) is 26.7 Å².